The van der Waals surface area contributed by atoms with E-state index in [0.29, 0.717) is 6.61 Å². The van der Waals surface area contributed by atoms with Gasteiger partial charge in [0.2, 0.25) is 0 Å². The Morgan fingerprint density at radius 1 is 1.11 bits per heavy atom. The first-order valence-corrected chi connectivity index (χ1v) is 9.74. The second-order valence-corrected chi connectivity index (χ2v) is 7.38. The zero-order valence-electron chi connectivity index (χ0n) is 16.0. The molecule has 0 unspecified atom stereocenters. The minimum absolute atomic E-state index is 0.138. The molecule has 5 rings (SSSR count). The molecule has 28 heavy (non-hydrogen) atoms. The van der Waals surface area contributed by atoms with Gasteiger partial charge in [-0.1, -0.05) is 48.5 Å². The molecule has 0 amide bonds. The fourth-order valence-electron chi connectivity index (χ4n) is 4.08. The van der Waals surface area contributed by atoms with Crippen LogP contribution in [0.5, 0.6) is 0 Å². The van der Waals surface area contributed by atoms with Crippen LogP contribution in [0.4, 0.5) is 0 Å². The van der Waals surface area contributed by atoms with Gasteiger partial charge in [0, 0.05) is 37.2 Å². The summed E-state index contributed by atoms with van der Waals surface area (Å²) in [6, 6.07) is 19.0. The highest BCUT2D eigenvalue weighted by atomic mass is 16.5. The topological polar surface area (TPSA) is 44.0 Å². The predicted octanol–water partition coefficient (Wildman–Crippen LogP) is 3.73. The summed E-state index contributed by atoms with van der Waals surface area (Å²) in [4.78, 5) is 4.55. The number of hydrogen-bond acceptors (Lipinski definition) is 3. The molecule has 1 aliphatic rings. The highest BCUT2D eigenvalue weighted by molar-refractivity contribution is 5.83. The molecular formula is C23H24N4O. The lowest BCUT2D eigenvalue weighted by molar-refractivity contribution is 0.00327. The molecule has 5 heteroatoms. The third-order valence-corrected chi connectivity index (χ3v) is 5.51. The van der Waals surface area contributed by atoms with E-state index in [0.717, 1.165) is 31.2 Å². The second-order valence-electron chi connectivity index (χ2n) is 7.38. The maximum absolute atomic E-state index is 6.03. The highest BCUT2D eigenvalue weighted by Gasteiger charge is 2.22. The normalized spacial score (nSPS) is 16.4. The van der Waals surface area contributed by atoms with Crippen molar-refractivity contribution in [2.75, 3.05) is 6.54 Å². The first-order valence-electron chi connectivity index (χ1n) is 9.74. The van der Waals surface area contributed by atoms with E-state index in [1.807, 2.05) is 12.3 Å². The van der Waals surface area contributed by atoms with Gasteiger partial charge < -0.3 is 19.2 Å². The standard InChI is InChI=1S/C23H24N4O/c1-26-14-18(20-9-5-6-10-21(20)26)11-24-12-19-15-27-22(13-25-23(27)16-28-19)17-7-3-2-4-8-17/h2-10,13-14,19,24H,11-12,15-16H2,1H3/t19-/m0/s1. The van der Waals surface area contributed by atoms with Crippen LogP contribution in [0.2, 0.25) is 0 Å². The lowest BCUT2D eigenvalue weighted by atomic mass is 10.1. The summed E-state index contributed by atoms with van der Waals surface area (Å²) in [5.74, 6) is 1.00. The monoisotopic (exact) mass is 372 g/mol. The summed E-state index contributed by atoms with van der Waals surface area (Å²) in [5, 5.41) is 4.90. The lowest BCUT2D eigenvalue weighted by Crippen LogP contribution is -2.36. The SMILES string of the molecule is Cn1cc(CNC[C@H]2Cn3c(-c4ccccc4)cnc3CO2)c2ccccc21. The fourth-order valence-corrected chi connectivity index (χ4v) is 4.08. The molecule has 0 bridgehead atoms. The number of nitrogens with zero attached hydrogens (tertiary/aromatic N) is 3. The lowest BCUT2D eigenvalue weighted by Gasteiger charge is -2.26. The average molecular weight is 372 g/mol. The first-order chi connectivity index (χ1) is 13.8. The molecule has 0 saturated heterocycles. The van der Waals surface area contributed by atoms with Gasteiger partial charge in [0.15, 0.2) is 0 Å². The Morgan fingerprint density at radius 3 is 2.82 bits per heavy atom. The molecular weight excluding hydrogens is 348 g/mol. The molecule has 3 heterocycles. The molecule has 1 N–H and O–H groups in total. The Morgan fingerprint density at radius 2 is 1.93 bits per heavy atom. The molecule has 0 fully saturated rings. The van der Waals surface area contributed by atoms with E-state index in [4.69, 9.17) is 4.74 Å². The number of benzene rings is 2. The van der Waals surface area contributed by atoms with Crippen molar-refractivity contribution in [3.8, 4) is 11.3 Å². The zero-order valence-corrected chi connectivity index (χ0v) is 16.0. The van der Waals surface area contributed by atoms with Crippen LogP contribution in [0, 0.1) is 0 Å². The van der Waals surface area contributed by atoms with Gasteiger partial charge in [0.1, 0.15) is 12.4 Å². The van der Waals surface area contributed by atoms with Crippen molar-refractivity contribution in [3.63, 3.8) is 0 Å². The molecule has 0 spiro atoms. The van der Waals surface area contributed by atoms with Crippen LogP contribution >= 0.6 is 0 Å². The van der Waals surface area contributed by atoms with Crippen LogP contribution in [0.1, 0.15) is 11.4 Å². The highest BCUT2D eigenvalue weighted by Crippen LogP contribution is 2.25. The number of hydrogen-bond donors (Lipinski definition) is 1. The van der Waals surface area contributed by atoms with E-state index >= 15 is 0 Å². The van der Waals surface area contributed by atoms with Crippen LogP contribution < -0.4 is 5.32 Å². The molecule has 4 aromatic rings. The number of nitrogens with one attached hydrogen (secondary N) is 1. The number of ether oxygens (including phenoxy) is 1. The fraction of sp³-hybridized carbons (Fsp3) is 0.261. The Kier molecular flexibility index (Phi) is 4.47. The summed E-state index contributed by atoms with van der Waals surface area (Å²) in [6.07, 6.45) is 4.31. The molecule has 2 aromatic heterocycles. The molecule has 0 saturated carbocycles. The van der Waals surface area contributed by atoms with Gasteiger partial charge in [-0.3, -0.25) is 0 Å². The molecule has 1 atom stereocenters. The van der Waals surface area contributed by atoms with Crippen molar-refractivity contribution in [3.05, 3.63) is 78.4 Å². The van der Waals surface area contributed by atoms with Gasteiger partial charge in [-0.15, -0.1) is 0 Å². The second kappa shape index (κ2) is 7.26. The zero-order chi connectivity index (χ0) is 18.9. The first kappa shape index (κ1) is 17.2. The Bertz CT molecular complexity index is 1100. The van der Waals surface area contributed by atoms with E-state index in [2.05, 4.69) is 81.2 Å². The summed E-state index contributed by atoms with van der Waals surface area (Å²) >= 11 is 0. The van der Waals surface area contributed by atoms with E-state index in [1.165, 1.54) is 22.0 Å². The van der Waals surface area contributed by atoms with E-state index < -0.39 is 0 Å². The number of para-hydroxylation sites is 1. The Labute approximate surface area is 164 Å². The van der Waals surface area contributed by atoms with Gasteiger partial charge in [-0.2, -0.15) is 0 Å². The molecule has 0 aliphatic carbocycles. The maximum Gasteiger partial charge on any atom is 0.135 e. The summed E-state index contributed by atoms with van der Waals surface area (Å²) < 4.78 is 10.5. The number of aryl methyl sites for hydroxylation is 1. The maximum atomic E-state index is 6.03. The Hall–Kier alpha value is -2.89. The van der Waals surface area contributed by atoms with Crippen LogP contribution in [0.15, 0.2) is 67.0 Å². The average Bonchev–Trinajstić information content (AvgIpc) is 3.30. The van der Waals surface area contributed by atoms with Gasteiger partial charge >= 0.3 is 0 Å². The van der Waals surface area contributed by atoms with Crippen LogP contribution in [0.25, 0.3) is 22.2 Å². The summed E-state index contributed by atoms with van der Waals surface area (Å²) in [7, 11) is 2.10. The van der Waals surface area contributed by atoms with E-state index in [1.54, 1.807) is 0 Å². The van der Waals surface area contributed by atoms with Crippen molar-refractivity contribution in [1.82, 2.24) is 19.4 Å². The van der Waals surface area contributed by atoms with Crippen LogP contribution in [-0.2, 0) is 31.5 Å². The van der Waals surface area contributed by atoms with E-state index in [-0.39, 0.29) is 6.10 Å². The number of rotatable bonds is 5. The van der Waals surface area contributed by atoms with Crippen molar-refractivity contribution in [2.45, 2.75) is 25.8 Å². The largest absolute Gasteiger partial charge is 0.367 e. The molecule has 5 nitrogen and oxygen atoms in total. The van der Waals surface area contributed by atoms with Crippen molar-refractivity contribution in [2.24, 2.45) is 7.05 Å². The number of fused-ring (bicyclic) bond motifs is 2. The summed E-state index contributed by atoms with van der Waals surface area (Å²) in [6.45, 7) is 3.04. The van der Waals surface area contributed by atoms with E-state index in [9.17, 15) is 0 Å². The summed E-state index contributed by atoms with van der Waals surface area (Å²) in [5.41, 5.74) is 4.95. The Balaban J connectivity index is 1.27. The van der Waals surface area contributed by atoms with Gasteiger partial charge in [-0.25, -0.2) is 4.98 Å². The number of imidazole rings is 1. The van der Waals surface area contributed by atoms with Gasteiger partial charge in [0.25, 0.3) is 0 Å². The molecule has 142 valence electrons. The minimum atomic E-state index is 0.138. The third-order valence-electron chi connectivity index (χ3n) is 5.51. The van der Waals surface area contributed by atoms with Gasteiger partial charge in [-0.05, 0) is 17.2 Å². The predicted molar refractivity (Wildman–Crippen MR) is 111 cm³/mol. The van der Waals surface area contributed by atoms with Crippen molar-refractivity contribution in [1.29, 1.82) is 0 Å². The molecule has 0 radical (unpaired) electrons. The van der Waals surface area contributed by atoms with Crippen molar-refractivity contribution >= 4 is 10.9 Å². The number of aromatic nitrogens is 3. The van der Waals surface area contributed by atoms with Crippen LogP contribution in [0.3, 0.4) is 0 Å². The third kappa shape index (κ3) is 3.13. The quantitative estimate of drug-likeness (QED) is 0.581. The van der Waals surface area contributed by atoms with Crippen molar-refractivity contribution < 1.29 is 4.74 Å². The smallest absolute Gasteiger partial charge is 0.135 e. The molecule has 2 aromatic carbocycles. The van der Waals surface area contributed by atoms with Crippen LogP contribution in [-0.4, -0.2) is 26.8 Å². The van der Waals surface area contributed by atoms with Gasteiger partial charge in [0.05, 0.1) is 24.5 Å². The molecule has 1 aliphatic heterocycles. The minimum Gasteiger partial charge on any atom is -0.367 e.